The molecule has 0 bridgehead atoms. The molecule has 0 saturated carbocycles. The number of thiophene rings is 1. The molecule has 2 rings (SSSR count). The molecule has 2 atom stereocenters. The van der Waals surface area contributed by atoms with Crippen LogP contribution in [0.3, 0.4) is 0 Å². The molecule has 15 heavy (non-hydrogen) atoms. The van der Waals surface area contributed by atoms with E-state index in [0.29, 0.717) is 0 Å². The highest BCUT2D eigenvalue weighted by molar-refractivity contribution is 7.12. The first-order valence-electron chi connectivity index (χ1n) is 5.32. The predicted molar refractivity (Wildman–Crippen MR) is 62.7 cm³/mol. The van der Waals surface area contributed by atoms with Crippen molar-refractivity contribution < 1.29 is 4.74 Å². The Morgan fingerprint density at radius 1 is 1.60 bits per heavy atom. The van der Waals surface area contributed by atoms with E-state index >= 15 is 0 Å². The van der Waals surface area contributed by atoms with Crippen molar-refractivity contribution in [2.75, 3.05) is 6.61 Å². The number of aryl methyl sites for hydroxylation is 1. The van der Waals surface area contributed by atoms with Crippen LogP contribution in [0.5, 0.6) is 0 Å². The highest BCUT2D eigenvalue weighted by Crippen LogP contribution is 2.39. The first kappa shape index (κ1) is 11.1. The lowest BCUT2D eigenvalue weighted by Crippen LogP contribution is -2.43. The van der Waals surface area contributed by atoms with Crippen molar-refractivity contribution in [3.63, 3.8) is 0 Å². The fraction of sp³-hybridized carbons (Fsp3) is 0.636. The molecule has 0 radical (unpaired) electrons. The van der Waals surface area contributed by atoms with Crippen molar-refractivity contribution in [3.8, 4) is 0 Å². The molecule has 0 spiro atoms. The molecular formula is C11H18N2OS. The number of hydrogen-bond donors (Lipinski definition) is 2. The molecule has 0 aromatic carbocycles. The highest BCUT2D eigenvalue weighted by atomic mass is 32.1. The summed E-state index contributed by atoms with van der Waals surface area (Å²) in [7, 11) is 0. The summed E-state index contributed by atoms with van der Waals surface area (Å²) in [6.45, 7) is 5.10. The molecule has 0 aliphatic carbocycles. The number of hydrogen-bond acceptors (Lipinski definition) is 4. The van der Waals surface area contributed by atoms with Crippen LogP contribution in [-0.2, 0) is 4.74 Å². The average molecular weight is 226 g/mol. The zero-order valence-corrected chi connectivity index (χ0v) is 10.1. The molecule has 3 N–H and O–H groups in total. The van der Waals surface area contributed by atoms with Gasteiger partial charge in [0.15, 0.2) is 0 Å². The Balaban J connectivity index is 2.23. The van der Waals surface area contributed by atoms with Gasteiger partial charge in [-0.2, -0.15) is 0 Å². The summed E-state index contributed by atoms with van der Waals surface area (Å²) in [6.07, 6.45) is 2.19. The molecule has 4 heteroatoms. The zero-order chi connectivity index (χ0) is 10.9. The molecule has 3 nitrogen and oxygen atoms in total. The van der Waals surface area contributed by atoms with Crippen molar-refractivity contribution in [2.45, 2.75) is 38.3 Å². The number of nitrogens with two attached hydrogens (primary N) is 1. The van der Waals surface area contributed by atoms with Gasteiger partial charge in [-0.15, -0.1) is 11.3 Å². The van der Waals surface area contributed by atoms with E-state index in [1.807, 2.05) is 0 Å². The molecule has 1 saturated heterocycles. The topological polar surface area (TPSA) is 47.3 Å². The SMILES string of the molecule is Cc1ccc(C(NN)C2(C)CCCO2)s1. The maximum absolute atomic E-state index is 5.82. The van der Waals surface area contributed by atoms with E-state index in [9.17, 15) is 0 Å². The Kier molecular flexibility index (Phi) is 3.11. The van der Waals surface area contributed by atoms with E-state index in [-0.39, 0.29) is 11.6 Å². The Labute approximate surface area is 94.6 Å². The van der Waals surface area contributed by atoms with Crippen LogP contribution in [0, 0.1) is 6.92 Å². The van der Waals surface area contributed by atoms with Gasteiger partial charge >= 0.3 is 0 Å². The Morgan fingerprint density at radius 3 is 2.87 bits per heavy atom. The molecule has 2 heterocycles. The third kappa shape index (κ3) is 2.08. The first-order valence-corrected chi connectivity index (χ1v) is 6.14. The summed E-state index contributed by atoms with van der Waals surface area (Å²) in [5.74, 6) is 5.66. The van der Waals surface area contributed by atoms with Crippen LogP contribution in [0.15, 0.2) is 12.1 Å². The Bertz CT molecular complexity index is 331. The number of hydrazine groups is 1. The van der Waals surface area contributed by atoms with Gasteiger partial charge in [-0.3, -0.25) is 5.84 Å². The van der Waals surface area contributed by atoms with Crippen molar-refractivity contribution in [3.05, 3.63) is 21.9 Å². The van der Waals surface area contributed by atoms with Gasteiger partial charge in [0.2, 0.25) is 0 Å². The van der Waals surface area contributed by atoms with E-state index in [0.717, 1.165) is 19.4 Å². The monoisotopic (exact) mass is 226 g/mol. The standard InChI is InChI=1S/C11H18N2OS/c1-8-4-5-9(15-8)10(13-12)11(2)6-3-7-14-11/h4-5,10,13H,3,6-7,12H2,1-2H3. The van der Waals surface area contributed by atoms with E-state index in [1.165, 1.54) is 9.75 Å². The third-order valence-electron chi connectivity index (χ3n) is 3.07. The van der Waals surface area contributed by atoms with E-state index in [1.54, 1.807) is 11.3 Å². The highest BCUT2D eigenvalue weighted by Gasteiger charge is 2.39. The largest absolute Gasteiger partial charge is 0.373 e. The van der Waals surface area contributed by atoms with Gasteiger partial charge in [-0.05, 0) is 38.8 Å². The predicted octanol–water partition coefficient (Wildman–Crippen LogP) is 2.13. The maximum Gasteiger partial charge on any atom is 0.0870 e. The normalized spacial score (nSPS) is 28.2. The molecule has 1 aromatic rings. The lowest BCUT2D eigenvalue weighted by molar-refractivity contribution is -0.0115. The minimum atomic E-state index is -0.147. The Hall–Kier alpha value is -0.420. The van der Waals surface area contributed by atoms with Crippen molar-refractivity contribution >= 4 is 11.3 Å². The lowest BCUT2D eigenvalue weighted by atomic mass is 9.92. The second kappa shape index (κ2) is 4.22. The average Bonchev–Trinajstić information content (AvgIpc) is 2.78. The summed E-state index contributed by atoms with van der Waals surface area (Å²) in [4.78, 5) is 2.58. The van der Waals surface area contributed by atoms with Gasteiger partial charge in [-0.25, -0.2) is 5.43 Å². The van der Waals surface area contributed by atoms with Gasteiger partial charge in [-0.1, -0.05) is 0 Å². The van der Waals surface area contributed by atoms with Gasteiger partial charge < -0.3 is 4.74 Å². The minimum absolute atomic E-state index is 0.110. The van der Waals surface area contributed by atoms with Gasteiger partial charge in [0.05, 0.1) is 11.6 Å². The van der Waals surface area contributed by atoms with E-state index < -0.39 is 0 Å². The molecule has 0 amide bonds. The summed E-state index contributed by atoms with van der Waals surface area (Å²) in [5, 5.41) is 0. The maximum atomic E-state index is 5.82. The number of ether oxygens (including phenoxy) is 1. The van der Waals surface area contributed by atoms with Crippen molar-refractivity contribution in [1.29, 1.82) is 0 Å². The van der Waals surface area contributed by atoms with Crippen LogP contribution >= 0.6 is 11.3 Å². The van der Waals surface area contributed by atoms with E-state index in [2.05, 4.69) is 31.4 Å². The smallest absolute Gasteiger partial charge is 0.0870 e. The number of nitrogens with one attached hydrogen (secondary N) is 1. The van der Waals surface area contributed by atoms with Gasteiger partial charge in [0.25, 0.3) is 0 Å². The van der Waals surface area contributed by atoms with Crippen LogP contribution in [0.4, 0.5) is 0 Å². The van der Waals surface area contributed by atoms with Gasteiger partial charge in [0.1, 0.15) is 0 Å². The van der Waals surface area contributed by atoms with Crippen molar-refractivity contribution in [2.24, 2.45) is 5.84 Å². The number of rotatable bonds is 3. The van der Waals surface area contributed by atoms with Crippen LogP contribution in [0.25, 0.3) is 0 Å². The van der Waals surface area contributed by atoms with Crippen LogP contribution in [-0.4, -0.2) is 12.2 Å². The third-order valence-corrected chi connectivity index (χ3v) is 4.14. The Morgan fingerprint density at radius 2 is 2.40 bits per heavy atom. The fourth-order valence-corrected chi connectivity index (χ4v) is 3.28. The first-order chi connectivity index (χ1) is 7.15. The molecule has 1 fully saturated rings. The molecule has 2 unspecified atom stereocenters. The molecule has 1 aliphatic heterocycles. The summed E-state index contributed by atoms with van der Waals surface area (Å²) in [6, 6.07) is 4.37. The van der Waals surface area contributed by atoms with Crippen LogP contribution in [0.1, 0.15) is 35.6 Å². The fourth-order valence-electron chi connectivity index (χ4n) is 2.20. The van der Waals surface area contributed by atoms with Crippen LogP contribution in [0.2, 0.25) is 0 Å². The summed E-state index contributed by atoms with van der Waals surface area (Å²) in [5.41, 5.74) is 2.75. The summed E-state index contributed by atoms with van der Waals surface area (Å²) < 4.78 is 5.82. The second-order valence-corrected chi connectivity index (χ2v) is 5.63. The quantitative estimate of drug-likeness (QED) is 0.613. The molecule has 1 aromatic heterocycles. The molecular weight excluding hydrogens is 208 g/mol. The van der Waals surface area contributed by atoms with Crippen molar-refractivity contribution in [1.82, 2.24) is 5.43 Å². The lowest BCUT2D eigenvalue weighted by Gasteiger charge is -2.32. The molecule has 84 valence electrons. The molecule has 1 aliphatic rings. The zero-order valence-electron chi connectivity index (χ0n) is 9.25. The summed E-state index contributed by atoms with van der Waals surface area (Å²) >= 11 is 1.78. The minimum Gasteiger partial charge on any atom is -0.373 e. The van der Waals surface area contributed by atoms with Gasteiger partial charge in [0, 0.05) is 16.4 Å². The van der Waals surface area contributed by atoms with E-state index in [4.69, 9.17) is 10.6 Å². The van der Waals surface area contributed by atoms with Crippen LogP contribution < -0.4 is 11.3 Å². The second-order valence-electron chi connectivity index (χ2n) is 4.31.